The van der Waals surface area contributed by atoms with Gasteiger partial charge in [0.25, 0.3) is 0 Å². The molecule has 0 bridgehead atoms. The number of nitrogens with two attached hydrogens (primary N) is 1. The molecule has 1 aromatic heterocycles. The van der Waals surface area contributed by atoms with E-state index in [0.717, 1.165) is 57.4 Å². The predicted octanol–water partition coefficient (Wildman–Crippen LogP) is 1.81. The summed E-state index contributed by atoms with van der Waals surface area (Å²) in [5.74, 6) is 1.12. The lowest BCUT2D eigenvalue weighted by Gasteiger charge is -2.43. The highest BCUT2D eigenvalue weighted by Crippen LogP contribution is 2.33. The Balaban J connectivity index is 1.58. The molecule has 0 radical (unpaired) electrons. The van der Waals surface area contributed by atoms with Crippen molar-refractivity contribution in [3.63, 3.8) is 0 Å². The summed E-state index contributed by atoms with van der Waals surface area (Å²) in [5, 5.41) is 8.13. The summed E-state index contributed by atoms with van der Waals surface area (Å²) in [4.78, 5) is 17.2. The van der Waals surface area contributed by atoms with Crippen LogP contribution in [0.4, 0.5) is 5.82 Å². The van der Waals surface area contributed by atoms with E-state index >= 15 is 0 Å². The van der Waals surface area contributed by atoms with Gasteiger partial charge in [-0.2, -0.15) is 5.10 Å². The van der Waals surface area contributed by atoms with Crippen LogP contribution in [-0.2, 0) is 4.79 Å². The van der Waals surface area contributed by atoms with Gasteiger partial charge in [-0.25, -0.2) is 0 Å². The molecule has 0 aromatic carbocycles. The maximum Gasteiger partial charge on any atom is 0.227 e. The quantitative estimate of drug-likeness (QED) is 0.914. The van der Waals surface area contributed by atoms with Gasteiger partial charge in [-0.05, 0) is 44.7 Å². The normalized spacial score (nSPS) is 28.6. The first kappa shape index (κ1) is 17.1. The van der Waals surface area contributed by atoms with E-state index in [4.69, 9.17) is 5.73 Å². The van der Waals surface area contributed by atoms with E-state index in [2.05, 4.69) is 15.1 Å². The van der Waals surface area contributed by atoms with Crippen LogP contribution in [0.2, 0.25) is 0 Å². The van der Waals surface area contributed by atoms with E-state index in [0.29, 0.717) is 6.04 Å². The van der Waals surface area contributed by atoms with Gasteiger partial charge in [-0.15, -0.1) is 5.10 Å². The molecular weight excluding hydrogens is 302 g/mol. The molecule has 3 rings (SSSR count). The van der Waals surface area contributed by atoms with E-state index < -0.39 is 0 Å². The summed E-state index contributed by atoms with van der Waals surface area (Å²) in [6, 6.07) is 4.20. The van der Waals surface area contributed by atoms with Crippen LogP contribution in [0.3, 0.4) is 0 Å². The molecule has 2 unspecified atom stereocenters. The molecule has 2 fully saturated rings. The van der Waals surface area contributed by atoms with E-state index in [1.165, 1.54) is 0 Å². The highest BCUT2D eigenvalue weighted by atomic mass is 16.2. The minimum Gasteiger partial charge on any atom is -0.355 e. The standard InChI is InChI=1S/C18H29N5O/c1-18(19)10-4-3-6-15(18)17(24)22(2)14-8-12-23(13-9-14)16-7-5-11-20-21-16/h5,7,11,14-15H,3-4,6,8-10,12-13,19H2,1-2H3. The Morgan fingerprint density at radius 1 is 1.33 bits per heavy atom. The number of rotatable bonds is 3. The fourth-order valence-electron chi connectivity index (χ4n) is 4.13. The number of anilines is 1. The lowest BCUT2D eigenvalue weighted by Crippen LogP contribution is -2.55. The Labute approximate surface area is 144 Å². The molecule has 1 aliphatic carbocycles. The molecule has 1 saturated heterocycles. The molecule has 0 spiro atoms. The zero-order chi connectivity index (χ0) is 17.2. The van der Waals surface area contributed by atoms with Gasteiger partial charge in [-0.1, -0.05) is 12.8 Å². The van der Waals surface area contributed by atoms with Gasteiger partial charge in [0.1, 0.15) is 0 Å². The summed E-state index contributed by atoms with van der Waals surface area (Å²) in [6.45, 7) is 3.86. The molecule has 1 aromatic rings. The summed E-state index contributed by atoms with van der Waals surface area (Å²) in [5.41, 5.74) is 6.06. The molecule has 6 heteroatoms. The molecule has 6 nitrogen and oxygen atoms in total. The Hall–Kier alpha value is -1.69. The lowest BCUT2D eigenvalue weighted by atomic mass is 9.74. The van der Waals surface area contributed by atoms with Crippen molar-refractivity contribution in [2.24, 2.45) is 11.7 Å². The summed E-state index contributed by atoms with van der Waals surface area (Å²) >= 11 is 0. The maximum atomic E-state index is 13.0. The largest absolute Gasteiger partial charge is 0.355 e. The number of piperidine rings is 1. The van der Waals surface area contributed by atoms with E-state index in [-0.39, 0.29) is 17.4 Å². The third-order valence-electron chi connectivity index (χ3n) is 5.79. The van der Waals surface area contributed by atoms with Crippen molar-refractivity contribution >= 4 is 11.7 Å². The lowest BCUT2D eigenvalue weighted by molar-refractivity contribution is -0.140. The van der Waals surface area contributed by atoms with Crippen LogP contribution in [0.5, 0.6) is 0 Å². The minimum atomic E-state index is -0.357. The van der Waals surface area contributed by atoms with Crippen molar-refractivity contribution < 1.29 is 4.79 Å². The fraction of sp³-hybridized carbons (Fsp3) is 0.722. The van der Waals surface area contributed by atoms with Crippen molar-refractivity contribution in [3.8, 4) is 0 Å². The summed E-state index contributed by atoms with van der Waals surface area (Å²) in [6.07, 6.45) is 7.74. The van der Waals surface area contributed by atoms with E-state index in [1.807, 2.05) is 31.0 Å². The molecule has 1 aliphatic heterocycles. The molecule has 24 heavy (non-hydrogen) atoms. The number of carbonyl (C=O) groups excluding carboxylic acids is 1. The Morgan fingerprint density at radius 2 is 2.08 bits per heavy atom. The topological polar surface area (TPSA) is 75.3 Å². The first-order valence-corrected chi connectivity index (χ1v) is 9.07. The van der Waals surface area contributed by atoms with Crippen LogP contribution < -0.4 is 10.6 Å². The number of nitrogens with zero attached hydrogens (tertiary/aromatic N) is 4. The molecule has 132 valence electrons. The molecule has 2 aliphatic rings. The highest BCUT2D eigenvalue weighted by Gasteiger charge is 2.40. The molecule has 1 amide bonds. The van der Waals surface area contributed by atoms with Crippen LogP contribution in [-0.4, -0.2) is 52.7 Å². The first-order valence-electron chi connectivity index (χ1n) is 9.07. The van der Waals surface area contributed by atoms with Crippen LogP contribution in [0, 0.1) is 5.92 Å². The Bertz CT molecular complexity index is 554. The Morgan fingerprint density at radius 3 is 2.71 bits per heavy atom. The van der Waals surface area contributed by atoms with Gasteiger partial charge in [0, 0.05) is 37.9 Å². The predicted molar refractivity (Wildman–Crippen MR) is 94.6 cm³/mol. The second kappa shape index (κ2) is 7.05. The van der Waals surface area contributed by atoms with Gasteiger partial charge in [-0.3, -0.25) is 4.79 Å². The van der Waals surface area contributed by atoms with Crippen LogP contribution in [0.1, 0.15) is 45.4 Å². The van der Waals surface area contributed by atoms with Crippen molar-refractivity contribution in [1.82, 2.24) is 15.1 Å². The molecular formula is C18H29N5O. The highest BCUT2D eigenvalue weighted by molar-refractivity contribution is 5.80. The SMILES string of the molecule is CN(C(=O)C1CCCCC1(C)N)C1CCN(c2cccnn2)CC1. The molecule has 2 heterocycles. The first-order chi connectivity index (χ1) is 11.5. The molecule has 2 atom stereocenters. The van der Waals surface area contributed by atoms with Crippen LogP contribution in [0.25, 0.3) is 0 Å². The number of hydrogen-bond acceptors (Lipinski definition) is 5. The monoisotopic (exact) mass is 331 g/mol. The van der Waals surface area contributed by atoms with Crippen LogP contribution >= 0.6 is 0 Å². The van der Waals surface area contributed by atoms with E-state index in [9.17, 15) is 4.79 Å². The summed E-state index contributed by atoms with van der Waals surface area (Å²) in [7, 11) is 1.95. The zero-order valence-corrected chi connectivity index (χ0v) is 14.8. The van der Waals surface area contributed by atoms with Gasteiger partial charge in [0.15, 0.2) is 5.82 Å². The second-order valence-electron chi connectivity index (χ2n) is 7.55. The van der Waals surface area contributed by atoms with Gasteiger partial charge >= 0.3 is 0 Å². The van der Waals surface area contributed by atoms with Gasteiger partial charge in [0.05, 0.1) is 5.92 Å². The molecule has 2 N–H and O–H groups in total. The average Bonchev–Trinajstić information content (AvgIpc) is 2.61. The van der Waals surface area contributed by atoms with Gasteiger partial charge in [0.2, 0.25) is 5.91 Å². The fourth-order valence-corrected chi connectivity index (χ4v) is 4.13. The molecule has 1 saturated carbocycles. The number of aromatic nitrogens is 2. The average molecular weight is 331 g/mol. The van der Waals surface area contributed by atoms with Crippen LogP contribution in [0.15, 0.2) is 18.3 Å². The maximum absolute atomic E-state index is 13.0. The third kappa shape index (κ3) is 3.53. The summed E-state index contributed by atoms with van der Waals surface area (Å²) < 4.78 is 0. The number of carbonyl (C=O) groups is 1. The third-order valence-corrected chi connectivity index (χ3v) is 5.79. The minimum absolute atomic E-state index is 0.0331. The van der Waals surface area contributed by atoms with Crippen molar-refractivity contribution in [2.75, 3.05) is 25.0 Å². The van der Waals surface area contributed by atoms with Crippen molar-refractivity contribution in [2.45, 2.75) is 57.0 Å². The zero-order valence-electron chi connectivity index (χ0n) is 14.8. The Kier molecular flexibility index (Phi) is 5.04. The second-order valence-corrected chi connectivity index (χ2v) is 7.55. The number of hydrogen-bond donors (Lipinski definition) is 1. The van der Waals surface area contributed by atoms with E-state index in [1.54, 1.807) is 6.20 Å². The van der Waals surface area contributed by atoms with Crippen molar-refractivity contribution in [1.29, 1.82) is 0 Å². The van der Waals surface area contributed by atoms with Gasteiger partial charge < -0.3 is 15.5 Å². The van der Waals surface area contributed by atoms with Crippen molar-refractivity contribution in [3.05, 3.63) is 18.3 Å². The number of amides is 1. The smallest absolute Gasteiger partial charge is 0.227 e.